The average Bonchev–Trinajstić information content (AvgIpc) is 3.15. The Morgan fingerprint density at radius 1 is 1.26 bits per heavy atom. The van der Waals surface area contributed by atoms with Gasteiger partial charge in [-0.25, -0.2) is 4.68 Å². The second-order valence-corrected chi connectivity index (χ2v) is 7.88. The summed E-state index contributed by atoms with van der Waals surface area (Å²) in [6.07, 6.45) is 5.22. The molecular weight excluding hydrogens is 340 g/mol. The second-order valence-electron chi connectivity index (χ2n) is 7.88. The number of hydrogen-bond acceptors (Lipinski definition) is 5. The second kappa shape index (κ2) is 9.60. The third kappa shape index (κ3) is 6.43. The molecule has 1 aromatic carbocycles. The van der Waals surface area contributed by atoms with Crippen molar-refractivity contribution < 1.29 is 4.79 Å². The number of benzene rings is 1. The summed E-state index contributed by atoms with van der Waals surface area (Å²) in [5.74, 6) is 0.749. The maximum atomic E-state index is 12.2. The highest BCUT2D eigenvalue weighted by Gasteiger charge is 2.21. The number of aryl methyl sites for hydroxylation is 1. The molecule has 1 N–H and O–H groups in total. The highest BCUT2D eigenvalue weighted by molar-refractivity contribution is 5.76. The summed E-state index contributed by atoms with van der Waals surface area (Å²) in [7, 11) is 0. The molecule has 0 saturated carbocycles. The Morgan fingerprint density at radius 2 is 2.04 bits per heavy atom. The zero-order chi connectivity index (χ0) is 19.1. The van der Waals surface area contributed by atoms with Crippen molar-refractivity contribution in [2.24, 2.45) is 5.92 Å². The van der Waals surface area contributed by atoms with Crippen LogP contribution in [-0.2, 0) is 24.3 Å². The zero-order valence-electron chi connectivity index (χ0n) is 16.3. The van der Waals surface area contributed by atoms with Gasteiger partial charge in [-0.2, -0.15) is 0 Å². The topological polar surface area (TPSA) is 75.9 Å². The zero-order valence-corrected chi connectivity index (χ0v) is 16.3. The molecular formula is C20H30N6O. The predicted octanol–water partition coefficient (Wildman–Crippen LogP) is 2.04. The van der Waals surface area contributed by atoms with Gasteiger partial charge in [0, 0.05) is 25.6 Å². The summed E-state index contributed by atoms with van der Waals surface area (Å²) in [4.78, 5) is 14.6. The van der Waals surface area contributed by atoms with E-state index in [-0.39, 0.29) is 11.9 Å². The number of piperidine rings is 1. The lowest BCUT2D eigenvalue weighted by Crippen LogP contribution is -2.47. The largest absolute Gasteiger partial charge is 0.352 e. The highest BCUT2D eigenvalue weighted by atomic mass is 16.1. The van der Waals surface area contributed by atoms with Crippen LogP contribution >= 0.6 is 0 Å². The molecule has 27 heavy (non-hydrogen) atoms. The number of nitrogens with zero attached hydrogens (tertiary/aromatic N) is 5. The molecule has 0 aliphatic carbocycles. The summed E-state index contributed by atoms with van der Waals surface area (Å²) < 4.78 is 1.58. The molecule has 1 fully saturated rings. The smallest absolute Gasteiger partial charge is 0.222 e. The third-order valence-corrected chi connectivity index (χ3v) is 4.90. The van der Waals surface area contributed by atoms with Crippen LogP contribution in [0.15, 0.2) is 30.6 Å². The van der Waals surface area contributed by atoms with E-state index in [4.69, 9.17) is 0 Å². The number of carbonyl (C=O) groups is 1. The van der Waals surface area contributed by atoms with Crippen molar-refractivity contribution in [1.82, 2.24) is 30.4 Å². The Hall–Kier alpha value is -2.28. The van der Waals surface area contributed by atoms with Gasteiger partial charge in [0.05, 0.1) is 6.54 Å². The molecule has 1 aromatic heterocycles. The average molecular weight is 371 g/mol. The van der Waals surface area contributed by atoms with Crippen LogP contribution in [0.3, 0.4) is 0 Å². The number of amides is 1. The summed E-state index contributed by atoms with van der Waals surface area (Å²) in [6.45, 7) is 7.95. The van der Waals surface area contributed by atoms with Gasteiger partial charge in [0.2, 0.25) is 5.91 Å². The van der Waals surface area contributed by atoms with Crippen LogP contribution < -0.4 is 5.32 Å². The first kappa shape index (κ1) is 19.5. The van der Waals surface area contributed by atoms with Crippen LogP contribution in [0.4, 0.5) is 0 Å². The van der Waals surface area contributed by atoms with Crippen LogP contribution in [0.25, 0.3) is 0 Å². The van der Waals surface area contributed by atoms with Gasteiger partial charge in [0.1, 0.15) is 6.33 Å². The van der Waals surface area contributed by atoms with Crippen molar-refractivity contribution >= 4 is 5.91 Å². The van der Waals surface area contributed by atoms with Crippen LogP contribution in [0, 0.1) is 5.92 Å². The lowest BCUT2D eigenvalue weighted by Gasteiger charge is -2.33. The minimum Gasteiger partial charge on any atom is -0.352 e. The van der Waals surface area contributed by atoms with E-state index in [2.05, 4.69) is 63.9 Å². The van der Waals surface area contributed by atoms with Crippen LogP contribution in [-0.4, -0.2) is 50.1 Å². The predicted molar refractivity (Wildman–Crippen MR) is 104 cm³/mol. The van der Waals surface area contributed by atoms with Gasteiger partial charge >= 0.3 is 0 Å². The molecule has 1 aliphatic heterocycles. The van der Waals surface area contributed by atoms with Crippen molar-refractivity contribution in [3.8, 4) is 0 Å². The molecule has 7 heteroatoms. The number of nitrogens with one attached hydrogen (secondary N) is 1. The first-order chi connectivity index (χ1) is 13.1. The fourth-order valence-electron chi connectivity index (χ4n) is 3.63. The number of hydrogen-bond donors (Lipinski definition) is 1. The van der Waals surface area contributed by atoms with E-state index in [1.807, 2.05) is 0 Å². The Labute approximate surface area is 161 Å². The monoisotopic (exact) mass is 370 g/mol. The number of aromatic nitrogens is 4. The van der Waals surface area contributed by atoms with Gasteiger partial charge in [-0.1, -0.05) is 38.1 Å². The van der Waals surface area contributed by atoms with Crippen LogP contribution in [0.5, 0.6) is 0 Å². The fourth-order valence-corrected chi connectivity index (χ4v) is 3.63. The number of tetrazole rings is 1. The highest BCUT2D eigenvalue weighted by Crippen LogP contribution is 2.16. The van der Waals surface area contributed by atoms with Gasteiger partial charge in [-0.15, -0.1) is 5.10 Å². The standard InChI is InChI=1S/C20H30N6O/c1-16(2)12-17-5-7-18(8-6-17)13-25-10-3-4-19(14-25)22-20(27)9-11-26-15-21-23-24-26/h5-8,15-16,19H,3-4,9-14H2,1-2H3,(H,22,27)/t19-/m0/s1. The summed E-state index contributed by atoms with van der Waals surface area (Å²) in [6, 6.07) is 9.20. The minimum atomic E-state index is 0.0652. The lowest BCUT2D eigenvalue weighted by molar-refractivity contribution is -0.122. The molecule has 3 rings (SSSR count). The van der Waals surface area contributed by atoms with Gasteiger partial charge in [-0.3, -0.25) is 9.69 Å². The number of likely N-dealkylation sites (tertiary alicyclic amines) is 1. The summed E-state index contributed by atoms with van der Waals surface area (Å²) in [5, 5.41) is 14.1. The molecule has 1 amide bonds. The van der Waals surface area contributed by atoms with Gasteiger partial charge in [0.25, 0.3) is 0 Å². The van der Waals surface area contributed by atoms with Crippen molar-refractivity contribution in [3.63, 3.8) is 0 Å². The van der Waals surface area contributed by atoms with Gasteiger partial charge < -0.3 is 5.32 Å². The van der Waals surface area contributed by atoms with E-state index >= 15 is 0 Å². The van der Waals surface area contributed by atoms with Crippen LogP contribution in [0.1, 0.15) is 44.2 Å². The molecule has 0 spiro atoms. The maximum absolute atomic E-state index is 12.2. The van der Waals surface area contributed by atoms with Crippen molar-refractivity contribution in [1.29, 1.82) is 0 Å². The van der Waals surface area contributed by atoms with E-state index in [1.54, 1.807) is 4.68 Å². The molecule has 0 radical (unpaired) electrons. The first-order valence-corrected chi connectivity index (χ1v) is 9.89. The van der Waals surface area contributed by atoms with Gasteiger partial charge in [0.15, 0.2) is 0 Å². The molecule has 2 aromatic rings. The molecule has 0 bridgehead atoms. The Kier molecular flexibility index (Phi) is 6.92. The molecule has 0 unspecified atom stereocenters. The normalized spacial score (nSPS) is 18.0. The van der Waals surface area contributed by atoms with E-state index < -0.39 is 0 Å². The number of rotatable bonds is 8. The van der Waals surface area contributed by atoms with Gasteiger partial charge in [-0.05, 0) is 53.3 Å². The summed E-state index contributed by atoms with van der Waals surface area (Å²) >= 11 is 0. The molecule has 1 atom stereocenters. The van der Waals surface area contributed by atoms with E-state index in [0.717, 1.165) is 38.9 Å². The Bertz CT molecular complexity index is 698. The fraction of sp³-hybridized carbons (Fsp3) is 0.600. The molecule has 7 nitrogen and oxygen atoms in total. The molecule has 1 aliphatic rings. The molecule has 2 heterocycles. The van der Waals surface area contributed by atoms with E-state index in [0.29, 0.717) is 18.9 Å². The van der Waals surface area contributed by atoms with Crippen molar-refractivity contribution in [2.45, 2.75) is 58.7 Å². The molecule has 1 saturated heterocycles. The molecule has 146 valence electrons. The Balaban J connectivity index is 1.43. The number of carbonyl (C=O) groups excluding carboxylic acids is 1. The van der Waals surface area contributed by atoms with Crippen LogP contribution in [0.2, 0.25) is 0 Å². The third-order valence-electron chi connectivity index (χ3n) is 4.90. The summed E-state index contributed by atoms with van der Waals surface area (Å²) in [5.41, 5.74) is 2.74. The maximum Gasteiger partial charge on any atom is 0.222 e. The minimum absolute atomic E-state index is 0.0652. The van der Waals surface area contributed by atoms with E-state index in [1.165, 1.54) is 17.5 Å². The van der Waals surface area contributed by atoms with Crippen molar-refractivity contribution in [3.05, 3.63) is 41.7 Å². The quantitative estimate of drug-likeness (QED) is 0.770. The first-order valence-electron chi connectivity index (χ1n) is 9.89. The lowest BCUT2D eigenvalue weighted by atomic mass is 10.0. The van der Waals surface area contributed by atoms with E-state index in [9.17, 15) is 4.79 Å². The van der Waals surface area contributed by atoms with Crippen molar-refractivity contribution in [2.75, 3.05) is 13.1 Å². The Morgan fingerprint density at radius 3 is 2.74 bits per heavy atom. The SMILES string of the molecule is CC(C)Cc1ccc(CN2CCC[C@H](NC(=O)CCn3cnnn3)C2)cc1.